The van der Waals surface area contributed by atoms with Gasteiger partial charge in [-0.25, -0.2) is 0 Å². The molecular formula is C15H14Br2N2O. The first-order chi connectivity index (χ1) is 9.49. The molecule has 0 unspecified atom stereocenters. The standard InChI is InChI=1S/C15H14Br2N2O/c1-9(11-4-2-3-5-13(11)17)19-15(20)12-7-6-10(16)8-14(12)18/h2-9H,18H2,1H3,(H,19,20)/t9-/m0/s1. The van der Waals surface area contributed by atoms with Crippen LogP contribution >= 0.6 is 31.9 Å². The minimum Gasteiger partial charge on any atom is -0.398 e. The first kappa shape index (κ1) is 15.1. The van der Waals surface area contributed by atoms with Crippen LogP contribution < -0.4 is 11.1 Å². The summed E-state index contributed by atoms with van der Waals surface area (Å²) in [5.41, 5.74) is 7.82. The fourth-order valence-electron chi connectivity index (χ4n) is 1.92. The number of carbonyl (C=O) groups is 1. The molecule has 0 heterocycles. The molecule has 0 bridgehead atoms. The summed E-state index contributed by atoms with van der Waals surface area (Å²) < 4.78 is 1.82. The topological polar surface area (TPSA) is 55.1 Å². The van der Waals surface area contributed by atoms with Crippen molar-refractivity contribution in [1.29, 1.82) is 0 Å². The summed E-state index contributed by atoms with van der Waals surface area (Å²) >= 11 is 6.81. The number of hydrogen-bond acceptors (Lipinski definition) is 2. The van der Waals surface area contributed by atoms with Gasteiger partial charge in [0.1, 0.15) is 0 Å². The molecule has 0 aliphatic rings. The number of nitrogens with one attached hydrogen (secondary N) is 1. The lowest BCUT2D eigenvalue weighted by Gasteiger charge is -2.16. The van der Waals surface area contributed by atoms with E-state index in [0.717, 1.165) is 14.5 Å². The number of halogens is 2. The fourth-order valence-corrected chi connectivity index (χ4v) is 2.93. The van der Waals surface area contributed by atoms with Crippen LogP contribution in [0, 0.1) is 0 Å². The minimum absolute atomic E-state index is 0.110. The van der Waals surface area contributed by atoms with E-state index in [1.165, 1.54) is 0 Å². The van der Waals surface area contributed by atoms with E-state index in [9.17, 15) is 4.79 Å². The van der Waals surface area contributed by atoms with E-state index in [4.69, 9.17) is 5.73 Å². The Kier molecular flexibility index (Phi) is 4.83. The Balaban J connectivity index is 2.17. The van der Waals surface area contributed by atoms with Crippen LogP contribution in [0.4, 0.5) is 5.69 Å². The number of amides is 1. The second-order valence-corrected chi connectivity index (χ2v) is 6.22. The van der Waals surface area contributed by atoms with Crippen LogP contribution in [-0.4, -0.2) is 5.91 Å². The largest absolute Gasteiger partial charge is 0.398 e. The molecule has 0 spiro atoms. The van der Waals surface area contributed by atoms with Gasteiger partial charge in [-0.15, -0.1) is 0 Å². The molecule has 0 aliphatic carbocycles. The summed E-state index contributed by atoms with van der Waals surface area (Å²) in [6, 6.07) is 12.9. The van der Waals surface area contributed by atoms with Crippen LogP contribution in [0.1, 0.15) is 28.9 Å². The van der Waals surface area contributed by atoms with Crippen LogP contribution in [0.2, 0.25) is 0 Å². The molecule has 2 aromatic rings. The number of hydrogen-bond donors (Lipinski definition) is 2. The molecule has 20 heavy (non-hydrogen) atoms. The van der Waals surface area contributed by atoms with E-state index >= 15 is 0 Å². The van der Waals surface area contributed by atoms with Crippen molar-refractivity contribution < 1.29 is 4.79 Å². The predicted octanol–water partition coefficient (Wildman–Crippen LogP) is 4.28. The van der Waals surface area contributed by atoms with Gasteiger partial charge in [0.2, 0.25) is 0 Å². The third kappa shape index (κ3) is 3.41. The van der Waals surface area contributed by atoms with Crippen molar-refractivity contribution >= 4 is 43.5 Å². The first-order valence-corrected chi connectivity index (χ1v) is 7.68. The molecule has 0 saturated heterocycles. The van der Waals surface area contributed by atoms with E-state index in [1.54, 1.807) is 18.2 Å². The summed E-state index contributed by atoms with van der Waals surface area (Å²) in [6.45, 7) is 1.94. The molecule has 0 aromatic heterocycles. The maximum absolute atomic E-state index is 12.3. The molecule has 5 heteroatoms. The zero-order valence-electron chi connectivity index (χ0n) is 10.9. The Bertz CT molecular complexity index is 644. The Morgan fingerprint density at radius 3 is 2.55 bits per heavy atom. The number of nitrogens with two attached hydrogens (primary N) is 1. The second-order valence-electron chi connectivity index (χ2n) is 4.45. The Morgan fingerprint density at radius 2 is 1.90 bits per heavy atom. The molecule has 3 N–H and O–H groups in total. The van der Waals surface area contributed by atoms with E-state index in [1.807, 2.05) is 31.2 Å². The molecule has 3 nitrogen and oxygen atoms in total. The van der Waals surface area contributed by atoms with Crippen molar-refractivity contribution in [3.63, 3.8) is 0 Å². The van der Waals surface area contributed by atoms with Crippen LogP contribution in [0.3, 0.4) is 0 Å². The lowest BCUT2D eigenvalue weighted by atomic mass is 10.1. The van der Waals surface area contributed by atoms with E-state index in [2.05, 4.69) is 37.2 Å². The van der Waals surface area contributed by atoms with Gasteiger partial charge in [0.05, 0.1) is 11.6 Å². The summed E-state index contributed by atoms with van der Waals surface area (Å²) in [5, 5.41) is 2.95. The monoisotopic (exact) mass is 396 g/mol. The van der Waals surface area contributed by atoms with Crippen LogP contribution in [0.25, 0.3) is 0 Å². The Labute approximate surface area is 134 Å². The SMILES string of the molecule is C[C@H](NC(=O)c1ccc(Br)cc1N)c1ccccc1Br. The molecule has 1 amide bonds. The van der Waals surface area contributed by atoms with Crippen molar-refractivity contribution in [1.82, 2.24) is 5.32 Å². The van der Waals surface area contributed by atoms with Gasteiger partial charge >= 0.3 is 0 Å². The van der Waals surface area contributed by atoms with Crippen LogP contribution in [0.5, 0.6) is 0 Å². The van der Waals surface area contributed by atoms with E-state index in [-0.39, 0.29) is 11.9 Å². The fraction of sp³-hybridized carbons (Fsp3) is 0.133. The molecule has 0 saturated carbocycles. The van der Waals surface area contributed by atoms with Crippen LogP contribution in [0.15, 0.2) is 51.4 Å². The van der Waals surface area contributed by atoms with E-state index < -0.39 is 0 Å². The lowest BCUT2D eigenvalue weighted by molar-refractivity contribution is 0.0940. The van der Waals surface area contributed by atoms with Gasteiger partial charge in [-0.1, -0.05) is 50.1 Å². The first-order valence-electron chi connectivity index (χ1n) is 6.09. The van der Waals surface area contributed by atoms with Crippen molar-refractivity contribution in [3.8, 4) is 0 Å². The average molecular weight is 398 g/mol. The highest BCUT2D eigenvalue weighted by Gasteiger charge is 2.15. The van der Waals surface area contributed by atoms with E-state index in [0.29, 0.717) is 11.3 Å². The number of rotatable bonds is 3. The minimum atomic E-state index is -0.182. The normalized spacial score (nSPS) is 11.9. The third-order valence-corrected chi connectivity index (χ3v) is 4.19. The molecule has 2 aromatic carbocycles. The highest BCUT2D eigenvalue weighted by Crippen LogP contribution is 2.24. The maximum atomic E-state index is 12.3. The zero-order chi connectivity index (χ0) is 14.7. The lowest BCUT2D eigenvalue weighted by Crippen LogP contribution is -2.27. The molecular weight excluding hydrogens is 384 g/mol. The predicted molar refractivity (Wildman–Crippen MR) is 88.6 cm³/mol. The molecule has 2 rings (SSSR count). The smallest absolute Gasteiger partial charge is 0.253 e. The maximum Gasteiger partial charge on any atom is 0.253 e. The summed E-state index contributed by atoms with van der Waals surface area (Å²) in [5.74, 6) is -0.182. The van der Waals surface area contributed by atoms with Crippen molar-refractivity contribution in [2.24, 2.45) is 0 Å². The van der Waals surface area contributed by atoms with Gasteiger partial charge in [-0.3, -0.25) is 4.79 Å². The highest BCUT2D eigenvalue weighted by molar-refractivity contribution is 9.10. The number of anilines is 1. The average Bonchev–Trinajstić information content (AvgIpc) is 2.38. The molecule has 1 atom stereocenters. The van der Waals surface area contributed by atoms with Gasteiger partial charge in [0.15, 0.2) is 0 Å². The van der Waals surface area contributed by atoms with Crippen molar-refractivity contribution in [2.75, 3.05) is 5.73 Å². The molecule has 0 fully saturated rings. The number of carbonyl (C=O) groups excluding carboxylic acids is 1. The van der Waals surface area contributed by atoms with Gasteiger partial charge in [-0.2, -0.15) is 0 Å². The van der Waals surface area contributed by atoms with Gasteiger partial charge < -0.3 is 11.1 Å². The summed E-state index contributed by atoms with van der Waals surface area (Å²) in [7, 11) is 0. The van der Waals surface area contributed by atoms with Gasteiger partial charge in [0, 0.05) is 14.6 Å². The van der Waals surface area contributed by atoms with Gasteiger partial charge in [0.25, 0.3) is 5.91 Å². The summed E-state index contributed by atoms with van der Waals surface area (Å²) in [4.78, 5) is 12.3. The number of nitrogen functional groups attached to an aromatic ring is 1. The Hall–Kier alpha value is -1.33. The van der Waals surface area contributed by atoms with Crippen molar-refractivity contribution in [3.05, 3.63) is 62.5 Å². The summed E-state index contributed by atoms with van der Waals surface area (Å²) in [6.07, 6.45) is 0. The van der Waals surface area contributed by atoms with Gasteiger partial charge in [-0.05, 0) is 36.8 Å². The van der Waals surface area contributed by atoms with Crippen molar-refractivity contribution in [2.45, 2.75) is 13.0 Å². The molecule has 0 aliphatic heterocycles. The molecule has 104 valence electrons. The number of benzene rings is 2. The van der Waals surface area contributed by atoms with Crippen LogP contribution in [-0.2, 0) is 0 Å². The second kappa shape index (κ2) is 6.41. The highest BCUT2D eigenvalue weighted by atomic mass is 79.9. The zero-order valence-corrected chi connectivity index (χ0v) is 14.0. The third-order valence-electron chi connectivity index (χ3n) is 2.98. The molecule has 0 radical (unpaired) electrons. The Morgan fingerprint density at radius 1 is 1.20 bits per heavy atom. The quantitative estimate of drug-likeness (QED) is 0.759.